The Morgan fingerprint density at radius 1 is 1.38 bits per heavy atom. The van der Waals surface area contributed by atoms with Crippen molar-refractivity contribution < 1.29 is 4.52 Å². The summed E-state index contributed by atoms with van der Waals surface area (Å²) in [6.07, 6.45) is 0.881. The molecule has 2 aromatic heterocycles. The van der Waals surface area contributed by atoms with Crippen molar-refractivity contribution in [1.82, 2.24) is 15.8 Å². The van der Waals surface area contributed by atoms with Crippen LogP contribution < -0.4 is 10.6 Å². The van der Waals surface area contributed by atoms with E-state index in [1.54, 1.807) is 11.3 Å². The third-order valence-corrected chi connectivity index (χ3v) is 4.53. The summed E-state index contributed by atoms with van der Waals surface area (Å²) in [6.45, 7) is 10.7. The van der Waals surface area contributed by atoms with Gasteiger partial charge in [-0.15, -0.1) is 24.0 Å². The van der Waals surface area contributed by atoms with Gasteiger partial charge in [0.25, 0.3) is 0 Å². The van der Waals surface area contributed by atoms with Gasteiger partial charge in [-0.3, -0.25) is 4.99 Å². The number of nitrogens with one attached hydrogen (secondary N) is 2. The van der Waals surface area contributed by atoms with Crippen LogP contribution in [0.5, 0.6) is 0 Å². The normalized spacial score (nSPS) is 12.6. The molecular formula is C17H27IN4OS. The zero-order valence-electron chi connectivity index (χ0n) is 14.8. The summed E-state index contributed by atoms with van der Waals surface area (Å²) < 4.78 is 5.20. The van der Waals surface area contributed by atoms with E-state index in [9.17, 15) is 0 Å². The van der Waals surface area contributed by atoms with E-state index in [-0.39, 0.29) is 24.0 Å². The second-order valence-corrected chi connectivity index (χ2v) is 6.44. The van der Waals surface area contributed by atoms with Crippen molar-refractivity contribution in [3.63, 3.8) is 0 Å². The lowest BCUT2D eigenvalue weighted by molar-refractivity contribution is 0.392. The van der Waals surface area contributed by atoms with E-state index in [4.69, 9.17) is 9.52 Å². The third-order valence-electron chi connectivity index (χ3n) is 3.83. The molecule has 24 heavy (non-hydrogen) atoms. The molecule has 0 amide bonds. The highest BCUT2D eigenvalue weighted by molar-refractivity contribution is 14.0. The maximum absolute atomic E-state index is 5.20. The van der Waals surface area contributed by atoms with Crippen LogP contribution in [0, 0.1) is 13.8 Å². The number of rotatable bonds is 7. The molecule has 1 atom stereocenters. The minimum atomic E-state index is 0. The fraction of sp³-hybridized carbons (Fsp3) is 0.529. The Kier molecular flexibility index (Phi) is 9.35. The minimum absolute atomic E-state index is 0. The fourth-order valence-corrected chi connectivity index (χ4v) is 3.18. The highest BCUT2D eigenvalue weighted by Gasteiger charge is 2.09. The second-order valence-electron chi connectivity index (χ2n) is 5.66. The lowest BCUT2D eigenvalue weighted by Gasteiger charge is -2.13. The van der Waals surface area contributed by atoms with Crippen molar-refractivity contribution in [2.45, 2.75) is 40.0 Å². The second kappa shape index (κ2) is 10.7. The van der Waals surface area contributed by atoms with Crippen LogP contribution in [0.3, 0.4) is 0 Å². The number of nitrogens with zero attached hydrogens (tertiary/aromatic N) is 2. The maximum Gasteiger partial charge on any atom is 0.191 e. The summed E-state index contributed by atoms with van der Waals surface area (Å²) in [7, 11) is 0. The first-order chi connectivity index (χ1) is 11.1. The van der Waals surface area contributed by atoms with E-state index in [0.29, 0.717) is 5.92 Å². The van der Waals surface area contributed by atoms with Crippen LogP contribution in [-0.4, -0.2) is 30.8 Å². The van der Waals surface area contributed by atoms with Crippen LogP contribution in [0.1, 0.15) is 42.3 Å². The number of hydrogen-bond donors (Lipinski definition) is 2. The maximum atomic E-state index is 5.20. The van der Waals surface area contributed by atoms with Crippen molar-refractivity contribution in [3.8, 4) is 0 Å². The van der Waals surface area contributed by atoms with Gasteiger partial charge in [-0.1, -0.05) is 12.1 Å². The number of aryl methyl sites for hydroxylation is 2. The van der Waals surface area contributed by atoms with E-state index >= 15 is 0 Å². The number of thiophene rings is 1. The van der Waals surface area contributed by atoms with E-state index in [0.717, 1.165) is 43.5 Å². The molecule has 0 aliphatic heterocycles. The van der Waals surface area contributed by atoms with Gasteiger partial charge in [-0.25, -0.2) is 0 Å². The van der Waals surface area contributed by atoms with E-state index in [2.05, 4.69) is 46.5 Å². The zero-order valence-corrected chi connectivity index (χ0v) is 17.9. The third kappa shape index (κ3) is 6.08. The first-order valence-electron chi connectivity index (χ1n) is 8.07. The molecule has 0 spiro atoms. The zero-order chi connectivity index (χ0) is 16.7. The van der Waals surface area contributed by atoms with Crippen molar-refractivity contribution >= 4 is 41.3 Å². The summed E-state index contributed by atoms with van der Waals surface area (Å²) in [5, 5.41) is 15.0. The number of guanidine groups is 1. The van der Waals surface area contributed by atoms with E-state index < -0.39 is 0 Å². The first-order valence-corrected chi connectivity index (χ1v) is 9.02. The van der Waals surface area contributed by atoms with Crippen LogP contribution in [0.4, 0.5) is 0 Å². The van der Waals surface area contributed by atoms with Crippen LogP contribution >= 0.6 is 35.3 Å². The summed E-state index contributed by atoms with van der Waals surface area (Å²) in [5.41, 5.74) is 3.50. The Bertz CT molecular complexity index is 605. The quantitative estimate of drug-likeness (QED) is 0.373. The SMILES string of the molecule is CCNC(=NCC(C)c1ccsc1)NCCc1c(C)noc1C.I. The number of hydrogen-bond acceptors (Lipinski definition) is 4. The molecular weight excluding hydrogens is 435 g/mol. The Labute approximate surface area is 165 Å². The van der Waals surface area contributed by atoms with Crippen molar-refractivity contribution in [2.75, 3.05) is 19.6 Å². The molecule has 0 fully saturated rings. The van der Waals surface area contributed by atoms with Gasteiger partial charge in [0.05, 0.1) is 5.69 Å². The number of aromatic nitrogens is 1. The molecule has 0 aromatic carbocycles. The topological polar surface area (TPSA) is 62.5 Å². The molecule has 2 N–H and O–H groups in total. The Morgan fingerprint density at radius 2 is 2.17 bits per heavy atom. The van der Waals surface area contributed by atoms with Gasteiger partial charge in [0.15, 0.2) is 5.96 Å². The van der Waals surface area contributed by atoms with E-state index in [1.807, 2.05) is 13.8 Å². The first kappa shape index (κ1) is 21.0. The molecule has 0 saturated heterocycles. The van der Waals surface area contributed by atoms with Crippen molar-refractivity contribution in [3.05, 3.63) is 39.4 Å². The summed E-state index contributed by atoms with van der Waals surface area (Å²) in [5.74, 6) is 2.19. The Hall–Kier alpha value is -1.09. The van der Waals surface area contributed by atoms with Gasteiger partial charge in [-0.05, 0) is 49.6 Å². The number of aliphatic imine (C=N–C) groups is 1. The van der Waals surface area contributed by atoms with Crippen LogP contribution in [0.15, 0.2) is 26.3 Å². The predicted molar refractivity (Wildman–Crippen MR) is 112 cm³/mol. The van der Waals surface area contributed by atoms with Gasteiger partial charge in [0.1, 0.15) is 5.76 Å². The molecule has 5 nitrogen and oxygen atoms in total. The Morgan fingerprint density at radius 3 is 2.75 bits per heavy atom. The van der Waals surface area contributed by atoms with Crippen LogP contribution in [0.25, 0.3) is 0 Å². The van der Waals surface area contributed by atoms with Crippen LogP contribution in [0.2, 0.25) is 0 Å². The number of halogens is 1. The molecule has 2 heterocycles. The lowest BCUT2D eigenvalue weighted by atomic mass is 10.1. The molecule has 0 saturated carbocycles. The molecule has 1 unspecified atom stereocenters. The van der Waals surface area contributed by atoms with Gasteiger partial charge < -0.3 is 15.2 Å². The van der Waals surface area contributed by atoms with Gasteiger partial charge in [-0.2, -0.15) is 11.3 Å². The minimum Gasteiger partial charge on any atom is -0.361 e. The molecule has 134 valence electrons. The molecule has 7 heteroatoms. The molecule has 2 rings (SSSR count). The van der Waals surface area contributed by atoms with E-state index in [1.165, 1.54) is 11.1 Å². The molecule has 0 aliphatic rings. The molecule has 0 aliphatic carbocycles. The van der Waals surface area contributed by atoms with Gasteiger partial charge >= 0.3 is 0 Å². The summed E-state index contributed by atoms with van der Waals surface area (Å²) >= 11 is 1.73. The predicted octanol–water partition coefficient (Wildman–Crippen LogP) is 3.87. The molecule has 2 aromatic rings. The molecule has 0 bridgehead atoms. The monoisotopic (exact) mass is 462 g/mol. The average molecular weight is 462 g/mol. The fourth-order valence-electron chi connectivity index (χ4n) is 2.40. The molecule has 0 radical (unpaired) electrons. The highest BCUT2D eigenvalue weighted by atomic mass is 127. The lowest BCUT2D eigenvalue weighted by Crippen LogP contribution is -2.38. The van der Waals surface area contributed by atoms with Gasteiger partial charge in [0.2, 0.25) is 0 Å². The highest BCUT2D eigenvalue weighted by Crippen LogP contribution is 2.18. The van der Waals surface area contributed by atoms with Crippen LogP contribution in [-0.2, 0) is 6.42 Å². The average Bonchev–Trinajstić information content (AvgIpc) is 3.17. The van der Waals surface area contributed by atoms with Crippen molar-refractivity contribution in [1.29, 1.82) is 0 Å². The van der Waals surface area contributed by atoms with Gasteiger partial charge in [0, 0.05) is 31.1 Å². The Balaban J connectivity index is 0.00000288. The standard InChI is InChI=1S/C17H26N4OS.HI/c1-5-18-17(20-10-12(2)15-7-9-23-11-15)19-8-6-16-13(3)21-22-14(16)4;/h7,9,11-12H,5-6,8,10H2,1-4H3,(H2,18,19,20);1H. The summed E-state index contributed by atoms with van der Waals surface area (Å²) in [6, 6.07) is 2.17. The largest absolute Gasteiger partial charge is 0.361 e. The van der Waals surface area contributed by atoms with Crippen molar-refractivity contribution in [2.24, 2.45) is 4.99 Å². The summed E-state index contributed by atoms with van der Waals surface area (Å²) in [4.78, 5) is 4.69. The smallest absolute Gasteiger partial charge is 0.191 e.